The van der Waals surface area contributed by atoms with Crippen molar-refractivity contribution in [3.8, 4) is 5.75 Å². The average Bonchev–Trinajstić information content (AvgIpc) is 3.09. The summed E-state index contributed by atoms with van der Waals surface area (Å²) < 4.78 is 25.4. The summed E-state index contributed by atoms with van der Waals surface area (Å²) in [4.78, 5) is 30.7. The SMILES string of the molecule is CCOC(=O)CC1Oc2ccccc2N(Cc2nc3c(F)cccc3s2)C1=O. The normalized spacial score (nSPS) is 16.0. The van der Waals surface area contributed by atoms with Crippen molar-refractivity contribution in [2.24, 2.45) is 0 Å². The third-order valence-electron chi connectivity index (χ3n) is 4.33. The Kier molecular flexibility index (Phi) is 4.95. The number of nitrogens with zero attached hydrogens (tertiary/aromatic N) is 2. The topological polar surface area (TPSA) is 68.7 Å². The van der Waals surface area contributed by atoms with Crippen molar-refractivity contribution in [2.75, 3.05) is 11.5 Å². The van der Waals surface area contributed by atoms with Gasteiger partial charge in [-0.05, 0) is 31.2 Å². The first-order valence-corrected chi connectivity index (χ1v) is 9.65. The van der Waals surface area contributed by atoms with Gasteiger partial charge in [-0.1, -0.05) is 18.2 Å². The molecule has 1 aliphatic rings. The zero-order valence-electron chi connectivity index (χ0n) is 15.1. The molecule has 6 nitrogen and oxygen atoms in total. The Hall–Kier alpha value is -3.00. The van der Waals surface area contributed by atoms with Crippen LogP contribution in [0.15, 0.2) is 42.5 Å². The number of carbonyl (C=O) groups excluding carboxylic acids is 2. The highest BCUT2D eigenvalue weighted by molar-refractivity contribution is 7.18. The molecule has 1 amide bonds. The van der Waals surface area contributed by atoms with E-state index in [-0.39, 0.29) is 25.5 Å². The van der Waals surface area contributed by atoms with Gasteiger partial charge < -0.3 is 9.47 Å². The van der Waals surface area contributed by atoms with E-state index in [1.54, 1.807) is 43.3 Å². The minimum absolute atomic E-state index is 0.164. The summed E-state index contributed by atoms with van der Waals surface area (Å²) in [6.07, 6.45) is -1.15. The molecular weight excluding hydrogens is 383 g/mol. The van der Waals surface area contributed by atoms with Crippen LogP contribution in [0.3, 0.4) is 0 Å². The van der Waals surface area contributed by atoms with Gasteiger partial charge in [0.1, 0.15) is 22.1 Å². The van der Waals surface area contributed by atoms with Crippen LogP contribution in [0.1, 0.15) is 18.4 Å². The van der Waals surface area contributed by atoms with E-state index in [0.29, 0.717) is 26.7 Å². The Morgan fingerprint density at radius 3 is 2.89 bits per heavy atom. The fourth-order valence-corrected chi connectivity index (χ4v) is 4.07. The summed E-state index contributed by atoms with van der Waals surface area (Å²) in [6, 6.07) is 11.9. The van der Waals surface area contributed by atoms with Gasteiger partial charge in [-0.2, -0.15) is 0 Å². The van der Waals surface area contributed by atoms with Crippen LogP contribution in [0.5, 0.6) is 5.75 Å². The van der Waals surface area contributed by atoms with Gasteiger partial charge in [-0.25, -0.2) is 9.37 Å². The van der Waals surface area contributed by atoms with Crippen molar-refractivity contribution >= 4 is 39.1 Å². The second-order valence-electron chi connectivity index (χ2n) is 6.20. The molecule has 0 aliphatic carbocycles. The molecule has 2 heterocycles. The van der Waals surface area contributed by atoms with Crippen molar-refractivity contribution in [2.45, 2.75) is 26.0 Å². The Morgan fingerprint density at radius 1 is 1.29 bits per heavy atom. The summed E-state index contributed by atoms with van der Waals surface area (Å²) in [7, 11) is 0. The van der Waals surface area contributed by atoms with Gasteiger partial charge >= 0.3 is 5.97 Å². The van der Waals surface area contributed by atoms with Crippen LogP contribution in [-0.2, 0) is 20.9 Å². The van der Waals surface area contributed by atoms with Crippen LogP contribution in [0.25, 0.3) is 10.2 Å². The maximum Gasteiger partial charge on any atom is 0.310 e. The number of ether oxygens (including phenoxy) is 2. The highest BCUT2D eigenvalue weighted by Gasteiger charge is 2.36. The van der Waals surface area contributed by atoms with Gasteiger partial charge in [0.2, 0.25) is 0 Å². The van der Waals surface area contributed by atoms with E-state index in [1.807, 2.05) is 0 Å². The molecule has 1 unspecified atom stereocenters. The third-order valence-corrected chi connectivity index (χ3v) is 5.34. The van der Waals surface area contributed by atoms with Crippen molar-refractivity contribution < 1.29 is 23.5 Å². The van der Waals surface area contributed by atoms with Crippen LogP contribution in [0.4, 0.5) is 10.1 Å². The van der Waals surface area contributed by atoms with Gasteiger partial charge in [0.05, 0.1) is 30.0 Å². The third kappa shape index (κ3) is 3.43. The van der Waals surface area contributed by atoms with Crippen molar-refractivity contribution in [3.05, 3.63) is 53.3 Å². The van der Waals surface area contributed by atoms with Gasteiger partial charge in [0.15, 0.2) is 6.10 Å². The number of rotatable bonds is 5. The second-order valence-corrected chi connectivity index (χ2v) is 7.32. The molecule has 8 heteroatoms. The number of aromatic nitrogens is 1. The monoisotopic (exact) mass is 400 g/mol. The number of thiazole rings is 1. The number of hydrogen-bond donors (Lipinski definition) is 0. The van der Waals surface area contributed by atoms with Crippen LogP contribution in [-0.4, -0.2) is 29.6 Å². The summed E-state index contributed by atoms with van der Waals surface area (Å²) in [5.41, 5.74) is 0.881. The maximum absolute atomic E-state index is 14.0. The standard InChI is InChI=1S/C20H17FN2O4S/c1-2-26-18(24)10-15-20(25)23(13-7-3-4-8-14(13)27-15)11-17-22-19-12(21)6-5-9-16(19)28-17/h3-9,15H,2,10-11H2,1H3. The molecule has 144 valence electrons. The second kappa shape index (κ2) is 7.55. The Morgan fingerprint density at radius 2 is 2.11 bits per heavy atom. The lowest BCUT2D eigenvalue weighted by Gasteiger charge is -2.33. The molecule has 0 bridgehead atoms. The molecule has 0 N–H and O–H groups in total. The first-order chi connectivity index (χ1) is 13.6. The number of carbonyl (C=O) groups is 2. The number of benzene rings is 2. The predicted octanol–water partition coefficient (Wildman–Crippen LogP) is 3.68. The largest absolute Gasteiger partial charge is 0.478 e. The van der Waals surface area contributed by atoms with E-state index < -0.39 is 17.9 Å². The fourth-order valence-electron chi connectivity index (χ4n) is 3.10. The fraction of sp³-hybridized carbons (Fsp3) is 0.250. The van der Waals surface area contributed by atoms with E-state index in [0.717, 1.165) is 0 Å². The molecule has 0 spiro atoms. The van der Waals surface area contributed by atoms with E-state index in [9.17, 15) is 14.0 Å². The van der Waals surface area contributed by atoms with Gasteiger partial charge in [0.25, 0.3) is 5.91 Å². The quantitative estimate of drug-likeness (QED) is 0.611. The van der Waals surface area contributed by atoms with Crippen molar-refractivity contribution in [3.63, 3.8) is 0 Å². The lowest BCUT2D eigenvalue weighted by Crippen LogP contribution is -2.46. The predicted molar refractivity (Wildman–Crippen MR) is 103 cm³/mol. The molecule has 0 fully saturated rings. The number of para-hydroxylation sites is 3. The number of amides is 1. The molecule has 1 aliphatic heterocycles. The summed E-state index contributed by atoms with van der Waals surface area (Å²) in [6.45, 7) is 2.10. The van der Waals surface area contributed by atoms with Gasteiger partial charge in [-0.15, -0.1) is 11.3 Å². The number of anilines is 1. The summed E-state index contributed by atoms with van der Waals surface area (Å²) in [5.74, 6) is -0.744. The Balaban J connectivity index is 1.66. The zero-order valence-corrected chi connectivity index (χ0v) is 15.9. The van der Waals surface area contributed by atoms with Crippen LogP contribution in [0.2, 0.25) is 0 Å². The maximum atomic E-state index is 14.0. The summed E-state index contributed by atoms with van der Waals surface area (Å²) >= 11 is 1.33. The molecule has 0 saturated heterocycles. The Bertz CT molecular complexity index is 1050. The minimum atomic E-state index is -0.972. The first kappa shape index (κ1) is 18.4. The van der Waals surface area contributed by atoms with E-state index in [4.69, 9.17) is 9.47 Å². The molecule has 1 aromatic heterocycles. The number of fused-ring (bicyclic) bond motifs is 2. The molecule has 0 radical (unpaired) electrons. The van der Waals surface area contributed by atoms with Crippen LogP contribution < -0.4 is 9.64 Å². The van der Waals surface area contributed by atoms with E-state index >= 15 is 0 Å². The van der Waals surface area contributed by atoms with Crippen LogP contribution >= 0.6 is 11.3 Å². The molecule has 28 heavy (non-hydrogen) atoms. The van der Waals surface area contributed by atoms with Crippen LogP contribution in [0, 0.1) is 5.82 Å². The van der Waals surface area contributed by atoms with Gasteiger partial charge in [-0.3, -0.25) is 14.5 Å². The number of hydrogen-bond acceptors (Lipinski definition) is 6. The van der Waals surface area contributed by atoms with E-state index in [1.165, 1.54) is 22.3 Å². The molecular formula is C20H17FN2O4S. The Labute approximate surface area is 164 Å². The zero-order chi connectivity index (χ0) is 19.7. The van der Waals surface area contributed by atoms with E-state index in [2.05, 4.69) is 4.98 Å². The lowest BCUT2D eigenvalue weighted by atomic mass is 10.1. The highest BCUT2D eigenvalue weighted by Crippen LogP contribution is 2.36. The number of halogens is 1. The lowest BCUT2D eigenvalue weighted by molar-refractivity contribution is -0.147. The summed E-state index contributed by atoms with van der Waals surface area (Å²) in [5, 5.41) is 0.597. The molecule has 1 atom stereocenters. The smallest absolute Gasteiger partial charge is 0.310 e. The minimum Gasteiger partial charge on any atom is -0.478 e. The highest BCUT2D eigenvalue weighted by atomic mass is 32.1. The molecule has 0 saturated carbocycles. The van der Waals surface area contributed by atoms with Crippen molar-refractivity contribution in [1.82, 2.24) is 4.98 Å². The van der Waals surface area contributed by atoms with Gasteiger partial charge in [0, 0.05) is 0 Å². The molecule has 2 aromatic carbocycles. The number of esters is 1. The average molecular weight is 400 g/mol. The first-order valence-electron chi connectivity index (χ1n) is 8.83. The molecule has 3 aromatic rings. The van der Waals surface area contributed by atoms with Crippen molar-refractivity contribution in [1.29, 1.82) is 0 Å². The molecule has 4 rings (SSSR count).